The summed E-state index contributed by atoms with van der Waals surface area (Å²) in [7, 11) is 0. The van der Waals surface area contributed by atoms with Crippen molar-refractivity contribution in [1.29, 1.82) is 0 Å². The van der Waals surface area contributed by atoms with Crippen molar-refractivity contribution in [3.05, 3.63) is 0 Å². The molecule has 0 aromatic carbocycles. The van der Waals surface area contributed by atoms with E-state index in [4.69, 9.17) is 14.2 Å². The zero-order valence-corrected chi connectivity index (χ0v) is 18.7. The molecule has 0 aliphatic heterocycles. The molecule has 0 aromatic heterocycles. The molecule has 0 rings (SSSR count). The van der Waals surface area contributed by atoms with Crippen LogP contribution < -0.4 is 0 Å². The van der Waals surface area contributed by atoms with Crippen molar-refractivity contribution < 1.29 is 33.7 Å². The lowest BCUT2D eigenvalue weighted by Crippen LogP contribution is -2.52. The van der Waals surface area contributed by atoms with E-state index in [1.165, 1.54) is 25.7 Å². The van der Waals surface area contributed by atoms with Gasteiger partial charge in [-0.2, -0.15) is 0 Å². The second kappa shape index (κ2) is 16.2. The van der Waals surface area contributed by atoms with E-state index in [1.807, 2.05) is 0 Å². The SMILES string of the molecule is CCCCCCCCCCC(C(=O)OCC)C(O)(CC(=O)OCC)C(=O)OCC. The zero-order chi connectivity index (χ0) is 22.1. The summed E-state index contributed by atoms with van der Waals surface area (Å²) in [6, 6.07) is 0. The summed E-state index contributed by atoms with van der Waals surface area (Å²) >= 11 is 0. The largest absolute Gasteiger partial charge is 0.466 e. The second-order valence-electron chi connectivity index (χ2n) is 7.19. The van der Waals surface area contributed by atoms with Gasteiger partial charge in [0.1, 0.15) is 0 Å². The molecular formula is C22H40O7. The first-order chi connectivity index (χ1) is 13.9. The van der Waals surface area contributed by atoms with Crippen LogP contribution in [0.5, 0.6) is 0 Å². The zero-order valence-electron chi connectivity index (χ0n) is 18.7. The Bertz CT molecular complexity index is 478. The van der Waals surface area contributed by atoms with Crippen LogP contribution >= 0.6 is 0 Å². The van der Waals surface area contributed by atoms with Crippen molar-refractivity contribution >= 4 is 17.9 Å². The molecule has 0 radical (unpaired) electrons. The molecule has 7 nitrogen and oxygen atoms in total. The van der Waals surface area contributed by atoms with Gasteiger partial charge in [0.2, 0.25) is 0 Å². The third kappa shape index (κ3) is 10.6. The molecule has 0 amide bonds. The van der Waals surface area contributed by atoms with Gasteiger partial charge in [0, 0.05) is 0 Å². The van der Waals surface area contributed by atoms with Crippen LogP contribution in [-0.4, -0.2) is 48.4 Å². The number of carbonyl (C=O) groups excluding carboxylic acids is 3. The van der Waals surface area contributed by atoms with E-state index in [1.54, 1.807) is 20.8 Å². The second-order valence-corrected chi connectivity index (χ2v) is 7.19. The third-order valence-electron chi connectivity index (χ3n) is 4.84. The lowest BCUT2D eigenvalue weighted by molar-refractivity contribution is -0.186. The maximum Gasteiger partial charge on any atom is 0.339 e. The average Bonchev–Trinajstić information content (AvgIpc) is 2.67. The maximum absolute atomic E-state index is 12.5. The van der Waals surface area contributed by atoms with Gasteiger partial charge < -0.3 is 19.3 Å². The van der Waals surface area contributed by atoms with Crippen molar-refractivity contribution in [2.75, 3.05) is 19.8 Å². The Balaban J connectivity index is 5.12. The molecule has 170 valence electrons. The Kier molecular flexibility index (Phi) is 15.3. The summed E-state index contributed by atoms with van der Waals surface area (Å²) in [4.78, 5) is 37.0. The first kappa shape index (κ1) is 27.4. The van der Waals surface area contributed by atoms with Crippen LogP contribution in [-0.2, 0) is 28.6 Å². The van der Waals surface area contributed by atoms with Crippen LogP contribution in [0, 0.1) is 5.92 Å². The van der Waals surface area contributed by atoms with Crippen LogP contribution in [0.15, 0.2) is 0 Å². The predicted octanol–water partition coefficient (Wildman–Crippen LogP) is 3.94. The van der Waals surface area contributed by atoms with Crippen molar-refractivity contribution in [3.63, 3.8) is 0 Å². The molecule has 7 heteroatoms. The molecule has 0 fully saturated rings. The Hall–Kier alpha value is -1.63. The van der Waals surface area contributed by atoms with Crippen LogP contribution in [0.25, 0.3) is 0 Å². The minimum absolute atomic E-state index is 0.0251. The summed E-state index contributed by atoms with van der Waals surface area (Å²) in [6.45, 7) is 7.31. The van der Waals surface area contributed by atoms with E-state index in [9.17, 15) is 19.5 Å². The molecule has 0 aliphatic rings. The highest BCUT2D eigenvalue weighted by molar-refractivity contribution is 5.91. The molecule has 0 bridgehead atoms. The first-order valence-electron chi connectivity index (χ1n) is 11.1. The predicted molar refractivity (Wildman–Crippen MR) is 110 cm³/mol. The van der Waals surface area contributed by atoms with Crippen molar-refractivity contribution in [1.82, 2.24) is 0 Å². The summed E-state index contributed by atoms with van der Waals surface area (Å²) in [5.74, 6) is -3.62. The van der Waals surface area contributed by atoms with Gasteiger partial charge in [0.25, 0.3) is 0 Å². The fourth-order valence-corrected chi connectivity index (χ4v) is 3.30. The number of hydrogen-bond acceptors (Lipinski definition) is 7. The highest BCUT2D eigenvalue weighted by Gasteiger charge is 2.51. The highest BCUT2D eigenvalue weighted by Crippen LogP contribution is 2.30. The van der Waals surface area contributed by atoms with Crippen molar-refractivity contribution in [3.8, 4) is 0 Å². The van der Waals surface area contributed by atoms with Gasteiger partial charge in [-0.05, 0) is 27.2 Å². The van der Waals surface area contributed by atoms with Crippen LogP contribution in [0.1, 0.15) is 91.9 Å². The number of esters is 3. The average molecular weight is 417 g/mol. The van der Waals surface area contributed by atoms with Crippen molar-refractivity contribution in [2.24, 2.45) is 5.92 Å². The third-order valence-corrected chi connectivity index (χ3v) is 4.84. The minimum atomic E-state index is -2.30. The fraction of sp³-hybridized carbons (Fsp3) is 0.864. The topological polar surface area (TPSA) is 99.1 Å². The molecule has 0 aromatic rings. The molecule has 29 heavy (non-hydrogen) atoms. The van der Waals surface area contributed by atoms with Gasteiger partial charge in [-0.15, -0.1) is 0 Å². The van der Waals surface area contributed by atoms with E-state index in [0.29, 0.717) is 6.42 Å². The number of rotatable bonds is 17. The molecule has 0 aliphatic carbocycles. The van der Waals surface area contributed by atoms with E-state index >= 15 is 0 Å². The Labute approximate surface area is 175 Å². The van der Waals surface area contributed by atoms with Gasteiger partial charge >= 0.3 is 17.9 Å². The molecule has 0 heterocycles. The standard InChI is InChI=1S/C22H40O7/c1-5-9-10-11-12-13-14-15-16-18(20(24)28-7-3)22(26,21(25)29-8-4)17-19(23)27-6-2/h18,26H,5-17H2,1-4H3. The fourth-order valence-electron chi connectivity index (χ4n) is 3.30. The van der Waals surface area contributed by atoms with E-state index in [-0.39, 0.29) is 26.2 Å². The Morgan fingerprint density at radius 3 is 1.79 bits per heavy atom. The smallest absolute Gasteiger partial charge is 0.339 e. The van der Waals surface area contributed by atoms with Gasteiger partial charge in [0.15, 0.2) is 5.60 Å². The lowest BCUT2D eigenvalue weighted by Gasteiger charge is -2.31. The number of hydrogen-bond donors (Lipinski definition) is 1. The lowest BCUT2D eigenvalue weighted by atomic mass is 9.80. The van der Waals surface area contributed by atoms with E-state index in [2.05, 4.69) is 6.92 Å². The molecule has 0 saturated heterocycles. The van der Waals surface area contributed by atoms with Gasteiger partial charge in [0.05, 0.1) is 32.2 Å². The Morgan fingerprint density at radius 2 is 1.28 bits per heavy atom. The van der Waals surface area contributed by atoms with E-state index in [0.717, 1.165) is 19.3 Å². The van der Waals surface area contributed by atoms with Crippen LogP contribution in [0.2, 0.25) is 0 Å². The molecule has 2 unspecified atom stereocenters. The summed E-state index contributed by atoms with van der Waals surface area (Å²) in [5, 5.41) is 11.1. The quantitative estimate of drug-likeness (QED) is 0.218. The molecule has 0 saturated carbocycles. The van der Waals surface area contributed by atoms with Gasteiger partial charge in [-0.25, -0.2) is 4.79 Å². The molecule has 2 atom stereocenters. The summed E-state index contributed by atoms with van der Waals surface area (Å²) in [5.41, 5.74) is -2.30. The highest BCUT2D eigenvalue weighted by atomic mass is 16.6. The number of carbonyl (C=O) groups is 3. The summed E-state index contributed by atoms with van der Waals surface area (Å²) in [6.07, 6.45) is 8.11. The van der Waals surface area contributed by atoms with Crippen LogP contribution in [0.4, 0.5) is 0 Å². The first-order valence-corrected chi connectivity index (χ1v) is 11.1. The minimum Gasteiger partial charge on any atom is -0.466 e. The number of unbranched alkanes of at least 4 members (excludes halogenated alkanes) is 7. The van der Waals surface area contributed by atoms with Crippen molar-refractivity contribution in [2.45, 2.75) is 97.5 Å². The maximum atomic E-state index is 12.5. The van der Waals surface area contributed by atoms with Crippen LogP contribution in [0.3, 0.4) is 0 Å². The molecule has 0 spiro atoms. The monoisotopic (exact) mass is 416 g/mol. The Morgan fingerprint density at radius 1 is 0.759 bits per heavy atom. The molecule has 1 N–H and O–H groups in total. The number of aliphatic hydroxyl groups is 1. The van der Waals surface area contributed by atoms with Gasteiger partial charge in [-0.3, -0.25) is 9.59 Å². The van der Waals surface area contributed by atoms with E-state index < -0.39 is 35.8 Å². The number of ether oxygens (including phenoxy) is 3. The summed E-state index contributed by atoms with van der Waals surface area (Å²) < 4.78 is 14.9. The van der Waals surface area contributed by atoms with Gasteiger partial charge in [-0.1, -0.05) is 58.3 Å². The molecular weight excluding hydrogens is 376 g/mol. The normalized spacial score (nSPS) is 14.0.